The normalized spacial score (nSPS) is 10.6. The summed E-state index contributed by atoms with van der Waals surface area (Å²) < 4.78 is 12.3. The zero-order valence-electron chi connectivity index (χ0n) is 6.18. The summed E-state index contributed by atoms with van der Waals surface area (Å²) in [6, 6.07) is 2.69. The predicted molar refractivity (Wildman–Crippen MR) is 43.4 cm³/mol. The Hall–Kier alpha value is -1.20. The summed E-state index contributed by atoms with van der Waals surface area (Å²) >= 11 is 0. The van der Waals surface area contributed by atoms with Gasteiger partial charge in [0.2, 0.25) is 5.95 Å². The number of hydrogen-bond donors (Lipinski definition) is 2. The van der Waals surface area contributed by atoms with E-state index in [1.165, 1.54) is 24.4 Å². The van der Waals surface area contributed by atoms with Gasteiger partial charge in [-0.05, 0) is 17.7 Å². The van der Waals surface area contributed by atoms with Crippen LogP contribution in [0.3, 0.4) is 0 Å². The van der Waals surface area contributed by atoms with E-state index in [2.05, 4.69) is 4.98 Å². The number of rotatable bonds is 2. The molecule has 0 aliphatic carbocycles. The van der Waals surface area contributed by atoms with Gasteiger partial charge in [-0.1, -0.05) is 12.1 Å². The van der Waals surface area contributed by atoms with Gasteiger partial charge in [-0.15, -0.1) is 0 Å². The van der Waals surface area contributed by atoms with Crippen LogP contribution < -0.4 is 0 Å². The van der Waals surface area contributed by atoms with Crippen molar-refractivity contribution in [1.29, 1.82) is 0 Å². The summed E-state index contributed by atoms with van der Waals surface area (Å²) in [6.45, 7) is 0. The van der Waals surface area contributed by atoms with E-state index in [-0.39, 0.29) is 0 Å². The summed E-state index contributed by atoms with van der Waals surface area (Å²) in [6.07, 6.45) is 2.74. The second-order valence-corrected chi connectivity index (χ2v) is 2.19. The van der Waals surface area contributed by atoms with Crippen LogP contribution in [0.4, 0.5) is 4.39 Å². The Morgan fingerprint density at radius 2 is 2.17 bits per heavy atom. The standard InChI is InChI=1S/C7H7BFNO2/c9-7-2-1-6(5-10-7)3-4-8(11)12/h1-5,11-12H/b4-3+. The molecule has 1 rings (SSSR count). The van der Waals surface area contributed by atoms with Crippen molar-refractivity contribution in [1.82, 2.24) is 4.98 Å². The Labute approximate surface area is 69.3 Å². The summed E-state index contributed by atoms with van der Waals surface area (Å²) in [5.41, 5.74) is 0.615. The van der Waals surface area contributed by atoms with Gasteiger partial charge in [0, 0.05) is 6.20 Å². The van der Waals surface area contributed by atoms with Gasteiger partial charge in [0.25, 0.3) is 0 Å². The molecule has 0 radical (unpaired) electrons. The molecule has 5 heteroatoms. The molecule has 0 atom stereocenters. The van der Waals surface area contributed by atoms with Crippen LogP contribution in [-0.4, -0.2) is 22.2 Å². The van der Waals surface area contributed by atoms with E-state index in [1.54, 1.807) is 0 Å². The first-order valence-electron chi connectivity index (χ1n) is 3.34. The Morgan fingerprint density at radius 3 is 2.67 bits per heavy atom. The smallest absolute Gasteiger partial charge is 0.424 e. The van der Waals surface area contributed by atoms with Gasteiger partial charge in [0.1, 0.15) is 0 Å². The van der Waals surface area contributed by atoms with E-state index in [4.69, 9.17) is 10.0 Å². The van der Waals surface area contributed by atoms with Crippen molar-refractivity contribution >= 4 is 13.2 Å². The molecule has 0 aliphatic rings. The van der Waals surface area contributed by atoms with E-state index < -0.39 is 13.1 Å². The maximum absolute atomic E-state index is 12.3. The third-order valence-corrected chi connectivity index (χ3v) is 1.21. The van der Waals surface area contributed by atoms with Crippen LogP contribution in [0.15, 0.2) is 24.3 Å². The molecule has 1 aromatic heterocycles. The predicted octanol–water partition coefficient (Wildman–Crippen LogP) is 0.246. The highest BCUT2D eigenvalue weighted by Gasteiger charge is 1.98. The molecule has 1 aromatic rings. The molecule has 1 heterocycles. The van der Waals surface area contributed by atoms with Gasteiger partial charge in [-0.2, -0.15) is 4.39 Å². The van der Waals surface area contributed by atoms with Gasteiger partial charge >= 0.3 is 7.12 Å². The summed E-state index contributed by atoms with van der Waals surface area (Å²) in [5, 5.41) is 16.9. The first kappa shape index (κ1) is 8.90. The van der Waals surface area contributed by atoms with Gasteiger partial charge in [-0.25, -0.2) is 4.98 Å². The summed E-state index contributed by atoms with van der Waals surface area (Å²) in [7, 11) is -1.49. The second-order valence-electron chi connectivity index (χ2n) is 2.19. The van der Waals surface area contributed by atoms with Crippen molar-refractivity contribution in [2.24, 2.45) is 0 Å². The van der Waals surface area contributed by atoms with Crippen molar-refractivity contribution in [2.75, 3.05) is 0 Å². The highest BCUT2D eigenvalue weighted by Crippen LogP contribution is 2.00. The molecule has 12 heavy (non-hydrogen) atoms. The number of halogens is 1. The Kier molecular flexibility index (Phi) is 2.96. The van der Waals surface area contributed by atoms with E-state index in [9.17, 15) is 4.39 Å². The second kappa shape index (κ2) is 3.99. The average Bonchev–Trinajstić information content (AvgIpc) is 2.03. The van der Waals surface area contributed by atoms with Crippen molar-refractivity contribution < 1.29 is 14.4 Å². The quantitative estimate of drug-likeness (QED) is 0.490. The first-order valence-corrected chi connectivity index (χ1v) is 3.34. The lowest BCUT2D eigenvalue weighted by atomic mass is 9.91. The largest absolute Gasteiger partial charge is 0.480 e. The van der Waals surface area contributed by atoms with Gasteiger partial charge in [-0.3, -0.25) is 0 Å². The Balaban J connectivity index is 2.71. The minimum absolute atomic E-state index is 0.559. The fourth-order valence-electron chi connectivity index (χ4n) is 0.683. The van der Waals surface area contributed by atoms with E-state index >= 15 is 0 Å². The lowest BCUT2D eigenvalue weighted by Crippen LogP contribution is -2.05. The lowest BCUT2D eigenvalue weighted by molar-refractivity contribution is 0.424. The van der Waals surface area contributed by atoms with Gasteiger partial charge in [0.15, 0.2) is 0 Å². The van der Waals surface area contributed by atoms with Crippen LogP contribution >= 0.6 is 0 Å². The topological polar surface area (TPSA) is 53.4 Å². The third kappa shape index (κ3) is 2.81. The van der Waals surface area contributed by atoms with E-state index in [1.807, 2.05) is 0 Å². The molecule has 0 aromatic carbocycles. The van der Waals surface area contributed by atoms with Crippen molar-refractivity contribution in [3.8, 4) is 0 Å². The maximum Gasteiger partial charge on any atom is 0.480 e. The highest BCUT2D eigenvalue weighted by atomic mass is 19.1. The van der Waals surface area contributed by atoms with Crippen LogP contribution in [-0.2, 0) is 0 Å². The fourth-order valence-corrected chi connectivity index (χ4v) is 0.683. The fraction of sp³-hybridized carbons (Fsp3) is 0. The molecule has 0 saturated heterocycles. The Bertz CT molecular complexity index is 273. The molecular formula is C7H7BFNO2. The van der Waals surface area contributed by atoms with Crippen molar-refractivity contribution in [2.45, 2.75) is 0 Å². The minimum Gasteiger partial charge on any atom is -0.424 e. The molecular weight excluding hydrogens is 160 g/mol. The molecule has 0 bridgehead atoms. The summed E-state index contributed by atoms with van der Waals surface area (Å²) in [4.78, 5) is 3.38. The van der Waals surface area contributed by atoms with Crippen molar-refractivity contribution in [3.63, 3.8) is 0 Å². The number of nitrogens with zero attached hydrogens (tertiary/aromatic N) is 1. The van der Waals surface area contributed by atoms with E-state index in [0.717, 1.165) is 5.98 Å². The zero-order valence-corrected chi connectivity index (χ0v) is 6.18. The molecule has 0 spiro atoms. The first-order chi connectivity index (χ1) is 5.68. The van der Waals surface area contributed by atoms with Gasteiger partial charge in [0.05, 0.1) is 0 Å². The van der Waals surface area contributed by atoms with Crippen LogP contribution in [0.1, 0.15) is 5.56 Å². The minimum atomic E-state index is -1.49. The number of pyridine rings is 1. The number of hydrogen-bond acceptors (Lipinski definition) is 3. The van der Waals surface area contributed by atoms with Crippen LogP contribution in [0, 0.1) is 5.95 Å². The molecule has 0 fully saturated rings. The molecule has 0 amide bonds. The van der Waals surface area contributed by atoms with E-state index in [0.29, 0.717) is 5.56 Å². The maximum atomic E-state index is 12.3. The molecule has 0 unspecified atom stereocenters. The van der Waals surface area contributed by atoms with Crippen LogP contribution in [0.5, 0.6) is 0 Å². The Morgan fingerprint density at radius 1 is 1.42 bits per heavy atom. The lowest BCUT2D eigenvalue weighted by Gasteiger charge is -1.91. The molecule has 2 N–H and O–H groups in total. The van der Waals surface area contributed by atoms with Gasteiger partial charge < -0.3 is 10.0 Å². The molecule has 62 valence electrons. The SMILES string of the molecule is OB(O)/C=C/c1ccc(F)nc1. The van der Waals surface area contributed by atoms with Crippen molar-refractivity contribution in [3.05, 3.63) is 35.8 Å². The molecule has 0 aliphatic heterocycles. The zero-order chi connectivity index (χ0) is 8.97. The molecule has 3 nitrogen and oxygen atoms in total. The average molecular weight is 167 g/mol. The highest BCUT2D eigenvalue weighted by molar-refractivity contribution is 6.48. The van der Waals surface area contributed by atoms with Crippen LogP contribution in [0.2, 0.25) is 0 Å². The summed E-state index contributed by atoms with van der Waals surface area (Å²) in [5.74, 6) is 0.603. The molecule has 0 saturated carbocycles. The monoisotopic (exact) mass is 167 g/mol. The third-order valence-electron chi connectivity index (χ3n) is 1.21. The van der Waals surface area contributed by atoms with Crippen LogP contribution in [0.25, 0.3) is 6.08 Å². The number of aromatic nitrogens is 1.